The van der Waals surface area contributed by atoms with E-state index in [1.54, 1.807) is 6.07 Å². The average molecular weight is 398 g/mol. The summed E-state index contributed by atoms with van der Waals surface area (Å²) >= 11 is 5.24. The van der Waals surface area contributed by atoms with Crippen molar-refractivity contribution in [2.75, 3.05) is 22.9 Å². The van der Waals surface area contributed by atoms with Gasteiger partial charge in [-0.3, -0.25) is 19.8 Å². The van der Waals surface area contributed by atoms with Crippen molar-refractivity contribution in [1.82, 2.24) is 5.32 Å². The maximum absolute atomic E-state index is 13.1. The van der Waals surface area contributed by atoms with E-state index in [-0.39, 0.29) is 10.7 Å². The van der Waals surface area contributed by atoms with Crippen molar-refractivity contribution in [2.45, 2.75) is 27.7 Å². The van der Waals surface area contributed by atoms with Crippen LogP contribution in [-0.4, -0.2) is 30.0 Å². The summed E-state index contributed by atoms with van der Waals surface area (Å²) in [6.07, 6.45) is 1.46. The zero-order valence-corrected chi connectivity index (χ0v) is 17.2. The first kappa shape index (κ1) is 19.8. The molecule has 0 bridgehead atoms. The Morgan fingerprint density at radius 1 is 1.11 bits per heavy atom. The van der Waals surface area contributed by atoms with Crippen LogP contribution in [0.3, 0.4) is 0 Å². The van der Waals surface area contributed by atoms with Gasteiger partial charge in [-0.2, -0.15) is 0 Å². The highest BCUT2D eigenvalue weighted by Crippen LogP contribution is 2.26. The minimum atomic E-state index is -0.532. The Labute approximate surface area is 169 Å². The molecule has 0 spiro atoms. The van der Waals surface area contributed by atoms with Gasteiger partial charge in [0.05, 0.1) is 5.69 Å². The third-order valence-electron chi connectivity index (χ3n) is 4.82. The Morgan fingerprint density at radius 3 is 2.46 bits per heavy atom. The van der Waals surface area contributed by atoms with Crippen molar-refractivity contribution in [3.8, 4) is 0 Å². The van der Waals surface area contributed by atoms with Gasteiger partial charge < -0.3 is 9.32 Å². The Hall–Kier alpha value is -2.93. The minimum absolute atomic E-state index is 0.0210. The number of furan rings is 1. The molecule has 0 aliphatic carbocycles. The highest BCUT2D eigenvalue weighted by Gasteiger charge is 2.34. The largest absolute Gasteiger partial charge is 0.441 e. The summed E-state index contributed by atoms with van der Waals surface area (Å²) < 4.78 is 5.80. The molecule has 6 nitrogen and oxygen atoms in total. The fraction of sp³-hybridized carbons (Fsp3) is 0.286. The van der Waals surface area contributed by atoms with Crippen LogP contribution < -0.4 is 15.1 Å². The molecule has 1 aromatic carbocycles. The lowest BCUT2D eigenvalue weighted by Crippen LogP contribution is -2.54. The van der Waals surface area contributed by atoms with Gasteiger partial charge in [-0.05, 0) is 75.3 Å². The van der Waals surface area contributed by atoms with Crippen molar-refractivity contribution in [3.63, 3.8) is 0 Å². The van der Waals surface area contributed by atoms with Crippen LogP contribution in [0, 0.1) is 13.8 Å². The molecule has 0 unspecified atom stereocenters. The van der Waals surface area contributed by atoms with Crippen molar-refractivity contribution >= 4 is 46.8 Å². The average Bonchev–Trinajstić information content (AvgIpc) is 3.11. The van der Waals surface area contributed by atoms with Crippen LogP contribution in [0.25, 0.3) is 6.08 Å². The summed E-state index contributed by atoms with van der Waals surface area (Å²) in [7, 11) is 0. The lowest BCUT2D eigenvalue weighted by Gasteiger charge is -2.29. The van der Waals surface area contributed by atoms with E-state index in [1.807, 2.05) is 56.9 Å². The molecule has 2 aromatic rings. The summed E-state index contributed by atoms with van der Waals surface area (Å²) in [5.41, 5.74) is 2.74. The number of rotatable bonds is 5. The molecule has 2 heterocycles. The fourth-order valence-electron chi connectivity index (χ4n) is 3.02. The van der Waals surface area contributed by atoms with Gasteiger partial charge in [-0.25, -0.2) is 0 Å². The number of benzene rings is 1. The Bertz CT molecular complexity index is 973. The number of carbonyl (C=O) groups is 2. The molecule has 1 aliphatic rings. The minimum Gasteiger partial charge on any atom is -0.441 e. The number of nitrogens with one attached hydrogen (secondary N) is 1. The van der Waals surface area contributed by atoms with Gasteiger partial charge in [0.25, 0.3) is 11.8 Å². The van der Waals surface area contributed by atoms with Gasteiger partial charge in [0, 0.05) is 19.2 Å². The maximum Gasteiger partial charge on any atom is 0.270 e. The van der Waals surface area contributed by atoms with Crippen molar-refractivity contribution < 1.29 is 14.0 Å². The molecule has 1 saturated heterocycles. The van der Waals surface area contributed by atoms with Crippen LogP contribution in [0.4, 0.5) is 11.6 Å². The van der Waals surface area contributed by atoms with Crippen LogP contribution in [0.1, 0.15) is 30.7 Å². The number of nitrogens with zero attached hydrogens (tertiary/aromatic N) is 2. The Morgan fingerprint density at radius 2 is 1.82 bits per heavy atom. The number of thiocarbonyl (C=S) groups is 1. The highest BCUT2D eigenvalue weighted by molar-refractivity contribution is 7.80. The molecule has 1 aromatic heterocycles. The molecule has 28 heavy (non-hydrogen) atoms. The summed E-state index contributed by atoms with van der Waals surface area (Å²) in [4.78, 5) is 28.8. The third-order valence-corrected chi connectivity index (χ3v) is 5.11. The predicted molar refractivity (Wildman–Crippen MR) is 114 cm³/mol. The van der Waals surface area contributed by atoms with Gasteiger partial charge in [-0.15, -0.1) is 0 Å². The molecule has 146 valence electrons. The summed E-state index contributed by atoms with van der Waals surface area (Å²) in [5, 5.41) is 2.66. The van der Waals surface area contributed by atoms with Gasteiger partial charge in [0.1, 0.15) is 11.3 Å². The standard InChI is InChI=1S/C21H23N3O3S/c1-5-23(6-2)18-10-9-16(27-18)12-17-19(25)22-21(28)24(20(17)26)15-8-7-13(3)14(4)11-15/h7-12H,5-6H2,1-4H3,(H,22,25,28)/b17-12+. The Balaban J connectivity index is 1.95. The number of aryl methyl sites for hydroxylation is 2. The van der Waals surface area contributed by atoms with Crippen molar-refractivity contribution in [3.05, 3.63) is 52.8 Å². The van der Waals surface area contributed by atoms with E-state index in [4.69, 9.17) is 16.6 Å². The molecule has 3 rings (SSSR count). The van der Waals surface area contributed by atoms with Crippen LogP contribution >= 0.6 is 12.2 Å². The molecule has 1 N–H and O–H groups in total. The number of hydrogen-bond acceptors (Lipinski definition) is 5. The summed E-state index contributed by atoms with van der Waals surface area (Å²) in [6, 6.07) is 9.18. The van der Waals surface area contributed by atoms with E-state index < -0.39 is 11.8 Å². The van der Waals surface area contributed by atoms with Crippen molar-refractivity contribution in [2.24, 2.45) is 0 Å². The van der Waals surface area contributed by atoms with E-state index >= 15 is 0 Å². The zero-order chi connectivity index (χ0) is 20.4. The van der Waals surface area contributed by atoms with Gasteiger partial charge in [0.15, 0.2) is 11.0 Å². The maximum atomic E-state index is 13.1. The monoisotopic (exact) mass is 397 g/mol. The van der Waals surface area contributed by atoms with Crippen LogP contribution in [0.15, 0.2) is 40.3 Å². The van der Waals surface area contributed by atoms with Crippen LogP contribution in [0.2, 0.25) is 0 Å². The second-order valence-electron chi connectivity index (χ2n) is 6.57. The van der Waals surface area contributed by atoms with E-state index in [0.29, 0.717) is 17.3 Å². The number of anilines is 2. The van der Waals surface area contributed by atoms with E-state index in [1.165, 1.54) is 11.0 Å². The molecule has 0 saturated carbocycles. The lowest BCUT2D eigenvalue weighted by molar-refractivity contribution is -0.122. The molecule has 0 atom stereocenters. The normalized spacial score (nSPS) is 15.9. The first-order chi connectivity index (χ1) is 13.3. The summed E-state index contributed by atoms with van der Waals surface area (Å²) in [6.45, 7) is 9.62. The molecule has 7 heteroatoms. The van der Waals surface area contributed by atoms with E-state index in [9.17, 15) is 9.59 Å². The van der Waals surface area contributed by atoms with Gasteiger partial charge in [-0.1, -0.05) is 6.07 Å². The molecule has 0 radical (unpaired) electrons. The molecular formula is C21H23N3O3S. The number of hydrogen-bond donors (Lipinski definition) is 1. The second kappa shape index (κ2) is 7.98. The fourth-order valence-corrected chi connectivity index (χ4v) is 3.30. The van der Waals surface area contributed by atoms with E-state index in [2.05, 4.69) is 5.32 Å². The summed E-state index contributed by atoms with van der Waals surface area (Å²) in [5.74, 6) is 0.129. The van der Waals surface area contributed by atoms with Gasteiger partial charge >= 0.3 is 0 Å². The molecular weight excluding hydrogens is 374 g/mol. The number of amides is 2. The highest BCUT2D eigenvalue weighted by atomic mass is 32.1. The first-order valence-corrected chi connectivity index (χ1v) is 9.60. The first-order valence-electron chi connectivity index (χ1n) is 9.19. The Kier molecular flexibility index (Phi) is 5.65. The quantitative estimate of drug-likeness (QED) is 0.475. The molecule has 2 amide bonds. The SMILES string of the molecule is CCN(CC)c1ccc(/C=C2\C(=O)NC(=S)N(c3ccc(C)c(C)c3)C2=O)o1. The third kappa shape index (κ3) is 3.71. The van der Waals surface area contributed by atoms with Gasteiger partial charge in [0.2, 0.25) is 0 Å². The van der Waals surface area contributed by atoms with E-state index in [0.717, 1.165) is 24.2 Å². The molecule has 1 fully saturated rings. The topological polar surface area (TPSA) is 65.8 Å². The lowest BCUT2D eigenvalue weighted by atomic mass is 10.1. The molecule has 1 aliphatic heterocycles. The van der Waals surface area contributed by atoms with Crippen LogP contribution in [0.5, 0.6) is 0 Å². The zero-order valence-electron chi connectivity index (χ0n) is 16.4. The smallest absolute Gasteiger partial charge is 0.270 e. The van der Waals surface area contributed by atoms with Crippen LogP contribution in [-0.2, 0) is 9.59 Å². The van der Waals surface area contributed by atoms with Crippen molar-refractivity contribution in [1.29, 1.82) is 0 Å². The second-order valence-corrected chi connectivity index (χ2v) is 6.96. The predicted octanol–water partition coefficient (Wildman–Crippen LogP) is 3.57. The number of carbonyl (C=O) groups excluding carboxylic acids is 2.